The highest BCUT2D eigenvalue weighted by molar-refractivity contribution is 5.97. The first-order valence-corrected chi connectivity index (χ1v) is 8.95. The summed E-state index contributed by atoms with van der Waals surface area (Å²) in [5.74, 6) is 0.0493. The molecule has 1 saturated carbocycles. The number of aryl methyl sites for hydroxylation is 1. The Kier molecular flexibility index (Phi) is 4.22. The number of pyridine rings is 1. The van der Waals surface area contributed by atoms with E-state index in [0.717, 1.165) is 43.2 Å². The Morgan fingerprint density at radius 3 is 3.12 bits per heavy atom. The Morgan fingerprint density at radius 1 is 1.38 bits per heavy atom. The van der Waals surface area contributed by atoms with Crippen molar-refractivity contribution >= 4 is 17.0 Å². The molecular weight excluding hydrogens is 306 g/mol. The van der Waals surface area contributed by atoms with Gasteiger partial charge in [-0.2, -0.15) is 0 Å². The molecule has 6 heteroatoms. The van der Waals surface area contributed by atoms with Crippen molar-refractivity contribution < 1.29 is 14.1 Å². The smallest absolute Gasteiger partial charge is 0.257 e. The van der Waals surface area contributed by atoms with Crippen molar-refractivity contribution in [3.63, 3.8) is 0 Å². The topological polar surface area (TPSA) is 68.5 Å². The Labute approximate surface area is 141 Å². The number of ether oxygens (including phenoxy) is 1. The molecule has 1 amide bonds. The first-order valence-electron chi connectivity index (χ1n) is 8.95. The zero-order chi connectivity index (χ0) is 16.5. The largest absolute Gasteiger partial charge is 0.374 e. The Balaban J connectivity index is 1.63. The number of hydrogen-bond acceptors (Lipinski definition) is 5. The van der Waals surface area contributed by atoms with Crippen molar-refractivity contribution in [2.75, 3.05) is 13.2 Å². The summed E-state index contributed by atoms with van der Waals surface area (Å²) >= 11 is 0. The summed E-state index contributed by atoms with van der Waals surface area (Å²) in [6, 6.07) is 2.09. The van der Waals surface area contributed by atoms with Crippen molar-refractivity contribution in [3.8, 4) is 0 Å². The van der Waals surface area contributed by atoms with E-state index < -0.39 is 0 Å². The molecule has 2 aliphatic rings. The second-order valence-corrected chi connectivity index (χ2v) is 6.72. The van der Waals surface area contributed by atoms with Crippen LogP contribution in [0.3, 0.4) is 0 Å². The monoisotopic (exact) mass is 329 g/mol. The van der Waals surface area contributed by atoms with E-state index in [-0.39, 0.29) is 18.1 Å². The molecule has 6 nitrogen and oxygen atoms in total. The van der Waals surface area contributed by atoms with Gasteiger partial charge in [-0.1, -0.05) is 31.3 Å². The average Bonchev–Trinajstić information content (AvgIpc) is 3.03. The summed E-state index contributed by atoms with van der Waals surface area (Å²) in [5, 5.41) is 4.94. The minimum atomic E-state index is 0.0493. The van der Waals surface area contributed by atoms with Gasteiger partial charge in [-0.3, -0.25) is 4.79 Å². The lowest BCUT2D eigenvalue weighted by molar-refractivity contribution is -0.0752. The molecule has 1 saturated heterocycles. The molecule has 0 bridgehead atoms. The van der Waals surface area contributed by atoms with Crippen molar-refractivity contribution in [1.82, 2.24) is 15.0 Å². The minimum absolute atomic E-state index is 0.0493. The van der Waals surface area contributed by atoms with Gasteiger partial charge >= 0.3 is 0 Å². The molecule has 0 N–H and O–H groups in total. The average molecular weight is 329 g/mol. The van der Waals surface area contributed by atoms with E-state index in [9.17, 15) is 4.79 Å². The molecule has 0 radical (unpaired) electrons. The van der Waals surface area contributed by atoms with Crippen LogP contribution < -0.4 is 0 Å². The van der Waals surface area contributed by atoms with Crippen molar-refractivity contribution in [1.29, 1.82) is 0 Å². The zero-order valence-electron chi connectivity index (χ0n) is 14.0. The van der Waals surface area contributed by atoms with E-state index in [1.807, 2.05) is 11.0 Å². The van der Waals surface area contributed by atoms with E-state index in [2.05, 4.69) is 17.1 Å². The van der Waals surface area contributed by atoms with Crippen LogP contribution in [0.5, 0.6) is 0 Å². The van der Waals surface area contributed by atoms with Crippen LogP contribution in [0.1, 0.15) is 55.1 Å². The van der Waals surface area contributed by atoms with Crippen LogP contribution in [-0.4, -0.2) is 46.2 Å². The Morgan fingerprint density at radius 2 is 2.25 bits per heavy atom. The number of aromatic nitrogens is 2. The van der Waals surface area contributed by atoms with Gasteiger partial charge in [0.1, 0.15) is 0 Å². The van der Waals surface area contributed by atoms with E-state index in [1.54, 1.807) is 6.20 Å². The van der Waals surface area contributed by atoms with Gasteiger partial charge in [0.05, 0.1) is 35.4 Å². The van der Waals surface area contributed by atoms with Gasteiger partial charge in [-0.15, -0.1) is 0 Å². The molecule has 1 aliphatic heterocycles. The third kappa shape index (κ3) is 2.69. The molecule has 2 unspecified atom stereocenters. The SMILES string of the molecule is CCCc1noc2ncc(C(=O)N3CCOC4CCCCC43)cc12. The lowest BCUT2D eigenvalue weighted by Gasteiger charge is -2.43. The summed E-state index contributed by atoms with van der Waals surface area (Å²) in [7, 11) is 0. The van der Waals surface area contributed by atoms with Crippen LogP contribution in [-0.2, 0) is 11.2 Å². The highest BCUT2D eigenvalue weighted by Gasteiger charge is 2.37. The number of carbonyl (C=O) groups excluding carboxylic acids is 1. The molecule has 0 aromatic carbocycles. The summed E-state index contributed by atoms with van der Waals surface area (Å²) in [6.07, 6.45) is 8.05. The summed E-state index contributed by atoms with van der Waals surface area (Å²) in [4.78, 5) is 19.4. The Bertz CT molecular complexity index is 740. The van der Waals surface area contributed by atoms with Crippen molar-refractivity contribution in [2.45, 2.75) is 57.6 Å². The highest BCUT2D eigenvalue weighted by atomic mass is 16.5. The normalized spacial score (nSPS) is 24.1. The molecule has 3 heterocycles. The number of hydrogen-bond donors (Lipinski definition) is 0. The predicted octanol–water partition coefficient (Wildman–Crippen LogP) is 2.96. The third-order valence-electron chi connectivity index (χ3n) is 5.13. The quantitative estimate of drug-likeness (QED) is 0.866. The van der Waals surface area contributed by atoms with Gasteiger partial charge in [0.2, 0.25) is 0 Å². The second-order valence-electron chi connectivity index (χ2n) is 6.72. The van der Waals surface area contributed by atoms with Crippen LogP contribution >= 0.6 is 0 Å². The van der Waals surface area contributed by atoms with Crippen molar-refractivity contribution in [3.05, 3.63) is 23.5 Å². The molecule has 24 heavy (non-hydrogen) atoms. The summed E-state index contributed by atoms with van der Waals surface area (Å²) in [5.41, 5.74) is 2.01. The van der Waals surface area contributed by atoms with Gasteiger partial charge in [-0.25, -0.2) is 4.98 Å². The van der Waals surface area contributed by atoms with Crippen LogP contribution in [0.4, 0.5) is 0 Å². The predicted molar refractivity (Wildman–Crippen MR) is 88.8 cm³/mol. The van der Waals surface area contributed by atoms with E-state index in [1.165, 1.54) is 6.42 Å². The maximum absolute atomic E-state index is 13.1. The first-order chi connectivity index (χ1) is 11.8. The molecular formula is C18H23N3O3. The van der Waals surface area contributed by atoms with Crippen LogP contribution in [0, 0.1) is 0 Å². The van der Waals surface area contributed by atoms with E-state index >= 15 is 0 Å². The zero-order valence-corrected chi connectivity index (χ0v) is 14.0. The highest BCUT2D eigenvalue weighted by Crippen LogP contribution is 2.30. The lowest BCUT2D eigenvalue weighted by atomic mass is 9.90. The van der Waals surface area contributed by atoms with Gasteiger partial charge in [-0.05, 0) is 25.3 Å². The first kappa shape index (κ1) is 15.6. The number of carbonyl (C=O) groups is 1. The molecule has 2 aromatic rings. The molecule has 4 rings (SSSR count). The number of amides is 1. The fourth-order valence-electron chi connectivity index (χ4n) is 3.93. The van der Waals surface area contributed by atoms with Crippen molar-refractivity contribution in [2.24, 2.45) is 0 Å². The van der Waals surface area contributed by atoms with E-state index in [4.69, 9.17) is 9.26 Å². The van der Waals surface area contributed by atoms with Crippen LogP contribution in [0.2, 0.25) is 0 Å². The third-order valence-corrected chi connectivity index (χ3v) is 5.13. The molecule has 1 aliphatic carbocycles. The van der Waals surface area contributed by atoms with E-state index in [0.29, 0.717) is 24.4 Å². The Hall–Kier alpha value is -1.95. The van der Waals surface area contributed by atoms with Crippen LogP contribution in [0.25, 0.3) is 11.1 Å². The standard InChI is InChI=1S/C18H23N3O3/c1-2-5-14-13-10-12(11-19-17(13)24-20-14)18(22)21-8-9-23-16-7-4-3-6-15(16)21/h10-11,15-16H,2-9H2,1H3. The molecule has 2 aromatic heterocycles. The number of fused-ring (bicyclic) bond motifs is 2. The molecule has 128 valence electrons. The maximum Gasteiger partial charge on any atom is 0.257 e. The van der Waals surface area contributed by atoms with Crippen LogP contribution in [0.15, 0.2) is 16.8 Å². The molecule has 2 fully saturated rings. The number of rotatable bonds is 3. The fraction of sp³-hybridized carbons (Fsp3) is 0.611. The number of morpholine rings is 1. The van der Waals surface area contributed by atoms with Gasteiger partial charge < -0.3 is 14.2 Å². The number of nitrogens with zero attached hydrogens (tertiary/aromatic N) is 3. The van der Waals surface area contributed by atoms with Gasteiger partial charge in [0, 0.05) is 12.7 Å². The summed E-state index contributed by atoms with van der Waals surface area (Å²) < 4.78 is 11.1. The summed E-state index contributed by atoms with van der Waals surface area (Å²) in [6.45, 7) is 3.38. The fourth-order valence-corrected chi connectivity index (χ4v) is 3.93. The van der Waals surface area contributed by atoms with Gasteiger partial charge in [0.25, 0.3) is 11.6 Å². The lowest BCUT2D eigenvalue weighted by Crippen LogP contribution is -2.54. The molecule has 0 spiro atoms. The van der Waals surface area contributed by atoms with Gasteiger partial charge in [0.15, 0.2) is 0 Å². The molecule has 2 atom stereocenters. The maximum atomic E-state index is 13.1. The minimum Gasteiger partial charge on any atom is -0.374 e. The second kappa shape index (κ2) is 6.51.